The summed E-state index contributed by atoms with van der Waals surface area (Å²) in [5, 5.41) is 0. The Bertz CT molecular complexity index is 490. The number of carbonyl (C=O) groups is 1. The van der Waals surface area contributed by atoms with Crippen molar-refractivity contribution in [3.8, 4) is 0 Å². The van der Waals surface area contributed by atoms with Crippen LogP contribution in [0.5, 0.6) is 0 Å². The second-order valence-corrected chi connectivity index (χ2v) is 7.93. The second kappa shape index (κ2) is 7.44. The van der Waals surface area contributed by atoms with E-state index < -0.39 is 0 Å². The minimum absolute atomic E-state index is 0.00563. The third-order valence-electron chi connectivity index (χ3n) is 3.52. The molecule has 0 radical (unpaired) electrons. The maximum Gasteiger partial charge on any atom is 0.227 e. The van der Waals surface area contributed by atoms with Crippen LogP contribution in [0.2, 0.25) is 0 Å². The van der Waals surface area contributed by atoms with Gasteiger partial charge in [0.25, 0.3) is 0 Å². The first kappa shape index (κ1) is 18.2. The molecule has 0 bridgehead atoms. The van der Waals surface area contributed by atoms with E-state index in [4.69, 9.17) is 0 Å². The fraction of sp³-hybridized carbons (Fsp3) is 0.611. The third kappa shape index (κ3) is 5.46. The number of hydrogen-bond acceptors (Lipinski definition) is 1. The third-order valence-corrected chi connectivity index (χ3v) is 4.41. The summed E-state index contributed by atoms with van der Waals surface area (Å²) >= 11 is 3.53. The number of carbonyl (C=O) groups excluding carboxylic acids is 1. The van der Waals surface area contributed by atoms with Crippen molar-refractivity contribution < 1.29 is 4.79 Å². The standard InChI is InChI=1S/C18H28BrNO/c1-7-8-14(3)20(17(21)12-18(4,5)6)15-9-10-16(19)13(2)11-15/h9-11,14H,7-8,12H2,1-6H3. The molecule has 0 aromatic heterocycles. The van der Waals surface area contributed by atoms with Gasteiger partial charge in [-0.15, -0.1) is 0 Å². The summed E-state index contributed by atoms with van der Waals surface area (Å²) in [6.07, 6.45) is 2.66. The lowest BCUT2D eigenvalue weighted by Crippen LogP contribution is -2.40. The largest absolute Gasteiger partial charge is 0.310 e. The predicted molar refractivity (Wildman–Crippen MR) is 94.8 cm³/mol. The molecule has 3 heteroatoms. The van der Waals surface area contributed by atoms with Crippen LogP contribution in [0.3, 0.4) is 0 Å². The van der Waals surface area contributed by atoms with Gasteiger partial charge in [0.1, 0.15) is 0 Å². The highest BCUT2D eigenvalue weighted by Gasteiger charge is 2.26. The van der Waals surface area contributed by atoms with Crippen LogP contribution in [0.15, 0.2) is 22.7 Å². The Hall–Kier alpha value is -0.830. The van der Waals surface area contributed by atoms with Crippen LogP contribution in [-0.4, -0.2) is 11.9 Å². The number of halogens is 1. The fourth-order valence-electron chi connectivity index (χ4n) is 2.51. The zero-order valence-electron chi connectivity index (χ0n) is 14.2. The molecular weight excluding hydrogens is 326 g/mol. The molecule has 0 aliphatic rings. The Kier molecular flexibility index (Phi) is 6.45. The van der Waals surface area contributed by atoms with E-state index >= 15 is 0 Å². The lowest BCUT2D eigenvalue weighted by atomic mass is 9.91. The number of nitrogens with zero attached hydrogens (tertiary/aromatic N) is 1. The maximum absolute atomic E-state index is 12.8. The molecule has 0 spiro atoms. The van der Waals surface area contributed by atoms with Gasteiger partial charge in [-0.1, -0.05) is 50.0 Å². The minimum Gasteiger partial charge on any atom is -0.310 e. The summed E-state index contributed by atoms with van der Waals surface area (Å²) in [6.45, 7) is 12.7. The Balaban J connectivity index is 3.12. The molecule has 1 amide bonds. The average Bonchev–Trinajstić information content (AvgIpc) is 2.32. The number of anilines is 1. The van der Waals surface area contributed by atoms with Crippen LogP contribution in [-0.2, 0) is 4.79 Å². The van der Waals surface area contributed by atoms with E-state index in [9.17, 15) is 4.79 Å². The van der Waals surface area contributed by atoms with E-state index in [2.05, 4.69) is 63.5 Å². The van der Waals surface area contributed by atoms with E-state index in [0.717, 1.165) is 28.6 Å². The van der Waals surface area contributed by atoms with Crippen LogP contribution in [0, 0.1) is 12.3 Å². The molecule has 21 heavy (non-hydrogen) atoms. The first-order valence-corrected chi connectivity index (χ1v) is 8.53. The molecular formula is C18H28BrNO. The van der Waals surface area contributed by atoms with Gasteiger partial charge in [0.05, 0.1) is 0 Å². The molecule has 0 aliphatic carbocycles. The summed E-state index contributed by atoms with van der Waals surface area (Å²) in [5.74, 6) is 0.213. The van der Waals surface area contributed by atoms with Gasteiger partial charge in [0.15, 0.2) is 0 Å². The maximum atomic E-state index is 12.8. The Morgan fingerprint density at radius 1 is 1.33 bits per heavy atom. The Morgan fingerprint density at radius 2 is 1.95 bits per heavy atom. The van der Waals surface area contributed by atoms with Gasteiger partial charge >= 0.3 is 0 Å². The lowest BCUT2D eigenvalue weighted by molar-refractivity contribution is -0.120. The van der Waals surface area contributed by atoms with Crippen molar-refractivity contribution in [2.45, 2.75) is 66.8 Å². The molecule has 1 unspecified atom stereocenters. The zero-order valence-corrected chi connectivity index (χ0v) is 15.8. The quantitative estimate of drug-likeness (QED) is 0.663. The van der Waals surface area contributed by atoms with Gasteiger partial charge in [0, 0.05) is 22.6 Å². The highest BCUT2D eigenvalue weighted by atomic mass is 79.9. The molecule has 2 nitrogen and oxygen atoms in total. The number of aryl methyl sites for hydroxylation is 1. The molecule has 1 atom stereocenters. The normalized spacial score (nSPS) is 13.1. The molecule has 0 aliphatic heterocycles. The number of hydrogen-bond donors (Lipinski definition) is 0. The predicted octanol–water partition coefficient (Wildman–Crippen LogP) is 5.72. The first-order chi connectivity index (χ1) is 9.65. The highest BCUT2D eigenvalue weighted by Crippen LogP contribution is 2.28. The van der Waals surface area contributed by atoms with Crippen LogP contribution in [0.25, 0.3) is 0 Å². The van der Waals surface area contributed by atoms with Crippen molar-refractivity contribution >= 4 is 27.5 Å². The molecule has 1 aromatic carbocycles. The van der Waals surface area contributed by atoms with Crippen molar-refractivity contribution in [2.75, 3.05) is 4.90 Å². The minimum atomic E-state index is 0.00563. The van der Waals surface area contributed by atoms with Crippen LogP contribution in [0.4, 0.5) is 5.69 Å². The van der Waals surface area contributed by atoms with E-state index in [1.165, 1.54) is 0 Å². The summed E-state index contributed by atoms with van der Waals surface area (Å²) in [4.78, 5) is 14.8. The molecule has 0 heterocycles. The molecule has 1 aromatic rings. The molecule has 0 fully saturated rings. The van der Waals surface area contributed by atoms with Crippen LogP contribution in [0.1, 0.15) is 59.4 Å². The lowest BCUT2D eigenvalue weighted by Gasteiger charge is -2.32. The molecule has 118 valence electrons. The molecule has 0 saturated heterocycles. The van der Waals surface area contributed by atoms with Gasteiger partial charge in [0.2, 0.25) is 5.91 Å². The Morgan fingerprint density at radius 3 is 2.43 bits per heavy atom. The summed E-state index contributed by atoms with van der Waals surface area (Å²) in [6, 6.07) is 6.38. The van der Waals surface area contributed by atoms with Gasteiger partial charge < -0.3 is 4.90 Å². The van der Waals surface area contributed by atoms with Gasteiger partial charge in [-0.25, -0.2) is 0 Å². The van der Waals surface area contributed by atoms with Crippen LogP contribution < -0.4 is 4.90 Å². The summed E-state index contributed by atoms with van der Waals surface area (Å²) in [5.41, 5.74) is 2.17. The van der Waals surface area contributed by atoms with Crippen molar-refractivity contribution in [1.29, 1.82) is 0 Å². The molecule has 1 rings (SSSR count). The SMILES string of the molecule is CCCC(C)N(C(=O)CC(C)(C)C)c1ccc(Br)c(C)c1. The monoisotopic (exact) mass is 353 g/mol. The molecule has 0 saturated carbocycles. The zero-order chi connectivity index (χ0) is 16.2. The van der Waals surface area contributed by atoms with E-state index in [1.54, 1.807) is 0 Å². The number of rotatable bonds is 5. The van der Waals surface area contributed by atoms with E-state index in [1.807, 2.05) is 17.0 Å². The van der Waals surface area contributed by atoms with Crippen molar-refractivity contribution in [1.82, 2.24) is 0 Å². The van der Waals surface area contributed by atoms with Crippen molar-refractivity contribution in [3.63, 3.8) is 0 Å². The van der Waals surface area contributed by atoms with Gasteiger partial charge in [-0.2, -0.15) is 0 Å². The van der Waals surface area contributed by atoms with E-state index in [-0.39, 0.29) is 17.4 Å². The smallest absolute Gasteiger partial charge is 0.227 e. The highest BCUT2D eigenvalue weighted by molar-refractivity contribution is 9.10. The average molecular weight is 354 g/mol. The fourth-order valence-corrected chi connectivity index (χ4v) is 2.76. The van der Waals surface area contributed by atoms with Gasteiger partial charge in [-0.05, 0) is 49.4 Å². The molecule has 0 N–H and O–H groups in total. The number of amides is 1. The van der Waals surface area contributed by atoms with Crippen molar-refractivity contribution in [3.05, 3.63) is 28.2 Å². The van der Waals surface area contributed by atoms with Crippen molar-refractivity contribution in [2.24, 2.45) is 5.41 Å². The van der Waals surface area contributed by atoms with E-state index in [0.29, 0.717) is 6.42 Å². The summed E-state index contributed by atoms with van der Waals surface area (Å²) in [7, 11) is 0. The topological polar surface area (TPSA) is 20.3 Å². The van der Waals surface area contributed by atoms with Gasteiger partial charge in [-0.3, -0.25) is 4.79 Å². The number of benzene rings is 1. The Labute approximate surface area is 138 Å². The van der Waals surface area contributed by atoms with Crippen LogP contribution >= 0.6 is 15.9 Å². The first-order valence-electron chi connectivity index (χ1n) is 7.74. The summed E-state index contributed by atoms with van der Waals surface area (Å²) < 4.78 is 1.08. The second-order valence-electron chi connectivity index (χ2n) is 7.07.